The fraction of sp³-hybridized carbons (Fsp3) is 0.304. The van der Waals surface area contributed by atoms with Crippen molar-refractivity contribution in [1.82, 2.24) is 14.5 Å². The number of piperidine rings is 1. The van der Waals surface area contributed by atoms with Crippen LogP contribution in [0.25, 0.3) is 16.8 Å². The molecule has 27 heavy (non-hydrogen) atoms. The Morgan fingerprint density at radius 3 is 2.63 bits per heavy atom. The molecule has 1 aliphatic rings. The maximum absolute atomic E-state index is 13.0. The second-order valence-corrected chi connectivity index (χ2v) is 7.51. The molecule has 4 heteroatoms. The van der Waals surface area contributed by atoms with Gasteiger partial charge in [-0.25, -0.2) is 4.98 Å². The average molecular weight is 359 g/mol. The van der Waals surface area contributed by atoms with E-state index in [0.29, 0.717) is 11.6 Å². The highest BCUT2D eigenvalue weighted by molar-refractivity contribution is 5.93. The molecule has 1 aliphatic heterocycles. The molecular formula is C23H25N3O. The van der Waals surface area contributed by atoms with Crippen LogP contribution in [0, 0.1) is 12.8 Å². The quantitative estimate of drug-likeness (QED) is 0.679. The van der Waals surface area contributed by atoms with Crippen molar-refractivity contribution in [3.63, 3.8) is 0 Å². The first kappa shape index (κ1) is 17.5. The molecule has 0 N–H and O–H groups in total. The third-order valence-corrected chi connectivity index (χ3v) is 5.40. The van der Waals surface area contributed by atoms with Crippen LogP contribution in [-0.2, 0) is 0 Å². The van der Waals surface area contributed by atoms with Crippen molar-refractivity contribution < 1.29 is 4.79 Å². The molecule has 4 nitrogen and oxygen atoms in total. The number of hydrogen-bond acceptors (Lipinski definition) is 2. The zero-order chi connectivity index (χ0) is 18.8. The largest absolute Gasteiger partial charge is 0.337 e. The molecule has 1 saturated heterocycles. The third-order valence-electron chi connectivity index (χ3n) is 5.40. The Bertz CT molecular complexity index is 942. The normalized spacial score (nSPS) is 17.1. The number of rotatable bonds is 3. The molecule has 0 aliphatic carbocycles. The maximum Gasteiger partial charge on any atom is 0.272 e. The summed E-state index contributed by atoms with van der Waals surface area (Å²) in [4.78, 5) is 19.2. The molecule has 1 atom stereocenters. The fourth-order valence-corrected chi connectivity index (χ4v) is 3.89. The Morgan fingerprint density at radius 2 is 1.89 bits per heavy atom. The first-order valence-corrected chi connectivity index (χ1v) is 9.61. The second kappa shape index (κ2) is 7.39. The summed E-state index contributed by atoms with van der Waals surface area (Å²) in [7, 11) is 0. The molecular weight excluding hydrogens is 334 g/mol. The topological polar surface area (TPSA) is 38.1 Å². The van der Waals surface area contributed by atoms with Crippen molar-refractivity contribution in [3.8, 4) is 16.8 Å². The number of amides is 1. The number of aryl methyl sites for hydroxylation is 1. The molecule has 1 aromatic heterocycles. The molecule has 1 fully saturated rings. The monoisotopic (exact) mass is 359 g/mol. The molecule has 2 aromatic carbocycles. The standard InChI is InChI=1S/C23H25N3O/c1-17-6-5-13-25(15-17)23(27)22-14-24-16-26(22)20-11-9-19(10-12-20)21-8-4-3-7-18(21)2/h3-4,7-12,14,16-17H,5-6,13,15H2,1-2H3. The van der Waals surface area contributed by atoms with E-state index in [1.54, 1.807) is 12.5 Å². The van der Waals surface area contributed by atoms with Gasteiger partial charge < -0.3 is 4.90 Å². The van der Waals surface area contributed by atoms with Gasteiger partial charge in [0.1, 0.15) is 5.69 Å². The van der Waals surface area contributed by atoms with E-state index in [0.717, 1.165) is 25.2 Å². The van der Waals surface area contributed by atoms with Gasteiger partial charge in [0, 0.05) is 18.8 Å². The van der Waals surface area contributed by atoms with Gasteiger partial charge in [0.15, 0.2) is 0 Å². The first-order chi connectivity index (χ1) is 13.1. The van der Waals surface area contributed by atoms with Crippen LogP contribution in [0.4, 0.5) is 0 Å². The summed E-state index contributed by atoms with van der Waals surface area (Å²) in [5.74, 6) is 0.634. The van der Waals surface area contributed by atoms with E-state index in [-0.39, 0.29) is 5.91 Å². The summed E-state index contributed by atoms with van der Waals surface area (Å²) in [6, 6.07) is 16.7. The van der Waals surface area contributed by atoms with Crippen LogP contribution in [0.2, 0.25) is 0 Å². The zero-order valence-electron chi connectivity index (χ0n) is 15.9. The lowest BCUT2D eigenvalue weighted by molar-refractivity contribution is 0.0675. The van der Waals surface area contributed by atoms with Crippen LogP contribution in [0.1, 0.15) is 35.8 Å². The summed E-state index contributed by atoms with van der Waals surface area (Å²) in [5, 5.41) is 0. The van der Waals surface area contributed by atoms with Gasteiger partial charge in [-0.3, -0.25) is 9.36 Å². The van der Waals surface area contributed by atoms with E-state index >= 15 is 0 Å². The summed E-state index contributed by atoms with van der Waals surface area (Å²) in [5.41, 5.74) is 5.25. The number of likely N-dealkylation sites (tertiary alicyclic amines) is 1. The Labute approximate surface area is 160 Å². The number of hydrogen-bond donors (Lipinski definition) is 0. The van der Waals surface area contributed by atoms with Crippen LogP contribution >= 0.6 is 0 Å². The average Bonchev–Trinajstić information content (AvgIpc) is 3.18. The zero-order valence-corrected chi connectivity index (χ0v) is 15.9. The molecule has 4 rings (SSSR count). The van der Waals surface area contributed by atoms with E-state index < -0.39 is 0 Å². The lowest BCUT2D eigenvalue weighted by Gasteiger charge is -2.31. The predicted molar refractivity (Wildman–Crippen MR) is 108 cm³/mol. The molecule has 0 spiro atoms. The minimum atomic E-state index is 0.0713. The van der Waals surface area contributed by atoms with Crippen molar-refractivity contribution in [2.24, 2.45) is 5.92 Å². The molecule has 1 unspecified atom stereocenters. The summed E-state index contributed by atoms with van der Waals surface area (Å²) in [6.45, 7) is 5.99. The maximum atomic E-state index is 13.0. The third kappa shape index (κ3) is 3.52. The summed E-state index contributed by atoms with van der Waals surface area (Å²) < 4.78 is 1.89. The molecule has 138 valence electrons. The lowest BCUT2D eigenvalue weighted by atomic mass is 10.00. The Hall–Kier alpha value is -2.88. The van der Waals surface area contributed by atoms with Gasteiger partial charge >= 0.3 is 0 Å². The molecule has 0 radical (unpaired) electrons. The fourth-order valence-electron chi connectivity index (χ4n) is 3.89. The lowest BCUT2D eigenvalue weighted by Crippen LogP contribution is -2.39. The van der Waals surface area contributed by atoms with Crippen LogP contribution < -0.4 is 0 Å². The second-order valence-electron chi connectivity index (χ2n) is 7.51. The van der Waals surface area contributed by atoms with Crippen LogP contribution in [0.5, 0.6) is 0 Å². The predicted octanol–water partition coefficient (Wildman–Crippen LogP) is 4.72. The number of benzene rings is 2. The number of carbonyl (C=O) groups excluding carboxylic acids is 1. The molecule has 2 heterocycles. The van der Waals surface area contributed by atoms with Crippen molar-refractivity contribution in [2.75, 3.05) is 13.1 Å². The van der Waals surface area contributed by atoms with E-state index in [9.17, 15) is 4.79 Å². The SMILES string of the molecule is Cc1ccccc1-c1ccc(-n2cncc2C(=O)N2CCCC(C)C2)cc1. The Morgan fingerprint density at radius 1 is 1.11 bits per heavy atom. The van der Waals surface area contributed by atoms with Crippen molar-refractivity contribution in [3.05, 3.63) is 72.3 Å². The Balaban J connectivity index is 1.61. The number of imidazole rings is 1. The van der Waals surface area contributed by atoms with Crippen LogP contribution in [0.3, 0.4) is 0 Å². The number of carbonyl (C=O) groups is 1. The highest BCUT2D eigenvalue weighted by Crippen LogP contribution is 2.25. The number of aromatic nitrogens is 2. The van der Waals surface area contributed by atoms with E-state index in [1.807, 2.05) is 9.47 Å². The molecule has 1 amide bonds. The van der Waals surface area contributed by atoms with Gasteiger partial charge in [-0.1, -0.05) is 43.3 Å². The number of nitrogens with zero attached hydrogens (tertiary/aromatic N) is 3. The van der Waals surface area contributed by atoms with Gasteiger partial charge in [-0.05, 0) is 54.5 Å². The van der Waals surface area contributed by atoms with Gasteiger partial charge in [-0.15, -0.1) is 0 Å². The molecule has 0 bridgehead atoms. The van der Waals surface area contributed by atoms with Gasteiger partial charge in [0.25, 0.3) is 5.91 Å². The van der Waals surface area contributed by atoms with Gasteiger partial charge in [-0.2, -0.15) is 0 Å². The molecule has 0 saturated carbocycles. The van der Waals surface area contributed by atoms with Gasteiger partial charge in [0.2, 0.25) is 0 Å². The highest BCUT2D eigenvalue weighted by Gasteiger charge is 2.24. The van der Waals surface area contributed by atoms with Crippen molar-refractivity contribution in [2.45, 2.75) is 26.7 Å². The van der Waals surface area contributed by atoms with E-state index in [4.69, 9.17) is 0 Å². The minimum Gasteiger partial charge on any atom is -0.337 e. The molecule has 3 aromatic rings. The first-order valence-electron chi connectivity index (χ1n) is 9.61. The van der Waals surface area contributed by atoms with Crippen LogP contribution in [0.15, 0.2) is 61.1 Å². The van der Waals surface area contributed by atoms with Crippen LogP contribution in [-0.4, -0.2) is 33.4 Å². The van der Waals surface area contributed by atoms with Gasteiger partial charge in [0.05, 0.1) is 12.5 Å². The summed E-state index contributed by atoms with van der Waals surface area (Å²) in [6.07, 6.45) is 5.68. The summed E-state index contributed by atoms with van der Waals surface area (Å²) >= 11 is 0. The van der Waals surface area contributed by atoms with E-state index in [2.05, 4.69) is 67.4 Å². The minimum absolute atomic E-state index is 0.0713. The van der Waals surface area contributed by atoms with E-state index in [1.165, 1.54) is 23.1 Å². The van der Waals surface area contributed by atoms with Crippen molar-refractivity contribution >= 4 is 5.91 Å². The smallest absolute Gasteiger partial charge is 0.272 e. The van der Waals surface area contributed by atoms with Crippen molar-refractivity contribution in [1.29, 1.82) is 0 Å². The Kier molecular flexibility index (Phi) is 4.80. The highest BCUT2D eigenvalue weighted by atomic mass is 16.2.